The normalized spacial score (nSPS) is 16.9. The van der Waals surface area contributed by atoms with Gasteiger partial charge in [0.2, 0.25) is 5.91 Å². The molecule has 1 unspecified atom stereocenters. The fourth-order valence-corrected chi connectivity index (χ4v) is 5.65. The van der Waals surface area contributed by atoms with Crippen LogP contribution in [0.5, 0.6) is 0 Å². The van der Waals surface area contributed by atoms with Crippen LogP contribution in [0.4, 0.5) is 0 Å². The average molecular weight is 431 g/mol. The van der Waals surface area contributed by atoms with Crippen molar-refractivity contribution in [3.63, 3.8) is 0 Å². The Kier molecular flexibility index (Phi) is 6.49. The molecule has 6 nitrogen and oxygen atoms in total. The summed E-state index contributed by atoms with van der Waals surface area (Å²) >= 11 is 2.74. The van der Waals surface area contributed by atoms with Crippen molar-refractivity contribution >= 4 is 39.2 Å². The van der Waals surface area contributed by atoms with Gasteiger partial charge in [-0.25, -0.2) is 4.98 Å². The lowest BCUT2D eigenvalue weighted by molar-refractivity contribution is -0.121. The molecule has 1 amide bonds. The van der Waals surface area contributed by atoms with Crippen LogP contribution in [0, 0.1) is 25.2 Å². The number of rotatable bonds is 6. The van der Waals surface area contributed by atoms with E-state index in [0.717, 1.165) is 29.7 Å². The van der Waals surface area contributed by atoms with Gasteiger partial charge in [0.25, 0.3) is 5.56 Å². The fourth-order valence-electron chi connectivity index (χ4n) is 3.66. The van der Waals surface area contributed by atoms with E-state index in [2.05, 4.69) is 18.0 Å². The summed E-state index contributed by atoms with van der Waals surface area (Å²) in [5, 5.41) is 13.2. The number of carbonyl (C=O) groups is 1. The zero-order chi connectivity index (χ0) is 21.2. The first-order valence-electron chi connectivity index (χ1n) is 9.83. The molecule has 3 rings (SSSR count). The van der Waals surface area contributed by atoms with Gasteiger partial charge in [0, 0.05) is 11.4 Å². The molecule has 29 heavy (non-hydrogen) atoms. The highest BCUT2D eigenvalue weighted by Gasteiger charge is 2.35. The van der Waals surface area contributed by atoms with Crippen molar-refractivity contribution in [1.82, 2.24) is 14.9 Å². The molecule has 1 aliphatic carbocycles. The van der Waals surface area contributed by atoms with E-state index in [0.29, 0.717) is 34.8 Å². The number of fused-ring (bicyclic) bond motifs is 1. The summed E-state index contributed by atoms with van der Waals surface area (Å²) in [7, 11) is 0. The summed E-state index contributed by atoms with van der Waals surface area (Å²) in [6.45, 7) is 9.78. The Morgan fingerprint density at radius 2 is 2.14 bits per heavy atom. The number of allylic oxidation sites excluding steroid dienone is 1. The van der Waals surface area contributed by atoms with Crippen molar-refractivity contribution in [2.24, 2.45) is 0 Å². The molecule has 1 aliphatic rings. The van der Waals surface area contributed by atoms with Crippen molar-refractivity contribution in [1.29, 1.82) is 5.26 Å². The predicted octanol–water partition coefficient (Wildman–Crippen LogP) is 4.08. The van der Waals surface area contributed by atoms with Gasteiger partial charge in [-0.3, -0.25) is 14.2 Å². The molecule has 1 saturated carbocycles. The maximum absolute atomic E-state index is 13.1. The van der Waals surface area contributed by atoms with Gasteiger partial charge in [0.1, 0.15) is 10.4 Å². The monoisotopic (exact) mass is 430 g/mol. The van der Waals surface area contributed by atoms with Crippen molar-refractivity contribution in [3.05, 3.63) is 33.4 Å². The maximum Gasteiger partial charge on any atom is 0.263 e. The summed E-state index contributed by atoms with van der Waals surface area (Å²) in [5.41, 5.74) is 0.0770. The van der Waals surface area contributed by atoms with E-state index in [9.17, 15) is 14.9 Å². The van der Waals surface area contributed by atoms with E-state index >= 15 is 0 Å². The van der Waals surface area contributed by atoms with Gasteiger partial charge in [-0.1, -0.05) is 37.1 Å². The highest BCUT2D eigenvalue weighted by atomic mass is 32.2. The van der Waals surface area contributed by atoms with Crippen molar-refractivity contribution < 1.29 is 4.79 Å². The van der Waals surface area contributed by atoms with E-state index < -0.39 is 10.8 Å². The van der Waals surface area contributed by atoms with Crippen LogP contribution in [0.25, 0.3) is 10.2 Å². The molecule has 2 aromatic heterocycles. The molecule has 2 heterocycles. The number of nitriles is 1. The Morgan fingerprint density at radius 3 is 2.76 bits per heavy atom. The molecule has 0 spiro atoms. The Hall–Kier alpha value is -2.11. The molecule has 2 aromatic rings. The lowest BCUT2D eigenvalue weighted by atomic mass is 9.83. The highest BCUT2D eigenvalue weighted by molar-refractivity contribution is 8.00. The molecule has 8 heteroatoms. The van der Waals surface area contributed by atoms with Gasteiger partial charge < -0.3 is 5.32 Å². The Bertz CT molecular complexity index is 1040. The van der Waals surface area contributed by atoms with E-state index in [1.54, 1.807) is 17.6 Å². The molecule has 0 radical (unpaired) electrons. The Balaban J connectivity index is 1.89. The quantitative estimate of drug-likeness (QED) is 0.424. The van der Waals surface area contributed by atoms with Crippen LogP contribution in [0.2, 0.25) is 0 Å². The minimum absolute atomic E-state index is 0.104. The lowest BCUT2D eigenvalue weighted by Crippen LogP contribution is -2.51. The standard InChI is InChI=1S/C21H26N4O2S2/c1-5-11-25-19(27)16-13(2)14(3)28-18(16)23-20(25)29-15(4)17(26)24-21(12-22)9-7-6-8-10-21/h5,15H,1,6-11H2,2-4H3,(H,24,26). The van der Waals surface area contributed by atoms with Gasteiger partial charge in [-0.2, -0.15) is 5.26 Å². The highest BCUT2D eigenvalue weighted by Crippen LogP contribution is 2.31. The molecule has 154 valence electrons. The number of nitrogens with zero attached hydrogens (tertiary/aromatic N) is 3. The third kappa shape index (κ3) is 4.26. The summed E-state index contributed by atoms with van der Waals surface area (Å²) in [5.74, 6) is -0.198. The second-order valence-electron chi connectivity index (χ2n) is 7.57. The third-order valence-corrected chi connectivity index (χ3v) is 7.69. The fraction of sp³-hybridized carbons (Fsp3) is 0.524. The van der Waals surface area contributed by atoms with Gasteiger partial charge in [-0.05, 0) is 39.2 Å². The average Bonchev–Trinajstić information content (AvgIpc) is 2.99. The minimum atomic E-state index is -0.774. The number of hydrogen-bond acceptors (Lipinski definition) is 6. The number of hydrogen-bond donors (Lipinski definition) is 1. The molecular weight excluding hydrogens is 404 g/mol. The molecule has 0 bridgehead atoms. The molecular formula is C21H26N4O2S2. The second-order valence-corrected chi connectivity index (χ2v) is 10.1. The van der Waals surface area contributed by atoms with Crippen molar-refractivity contribution in [2.45, 2.75) is 75.4 Å². The zero-order valence-corrected chi connectivity index (χ0v) is 18.7. The summed E-state index contributed by atoms with van der Waals surface area (Å²) < 4.78 is 1.57. The van der Waals surface area contributed by atoms with Crippen molar-refractivity contribution in [2.75, 3.05) is 0 Å². The van der Waals surface area contributed by atoms with Crippen LogP contribution in [0.1, 0.15) is 49.5 Å². The topological polar surface area (TPSA) is 87.8 Å². The van der Waals surface area contributed by atoms with Crippen molar-refractivity contribution in [3.8, 4) is 6.07 Å². The smallest absolute Gasteiger partial charge is 0.263 e. The number of thioether (sulfide) groups is 1. The first-order valence-corrected chi connectivity index (χ1v) is 11.5. The van der Waals surface area contributed by atoms with Gasteiger partial charge in [0.15, 0.2) is 5.16 Å². The second kappa shape index (κ2) is 8.72. The van der Waals surface area contributed by atoms with E-state index in [1.807, 2.05) is 13.8 Å². The number of thiophene rings is 1. The zero-order valence-electron chi connectivity index (χ0n) is 17.1. The largest absolute Gasteiger partial charge is 0.337 e. The molecule has 0 saturated heterocycles. The molecule has 1 N–H and O–H groups in total. The summed E-state index contributed by atoms with van der Waals surface area (Å²) in [6.07, 6.45) is 6.02. The Labute approximate surface area is 179 Å². The number of aromatic nitrogens is 2. The maximum atomic E-state index is 13.1. The van der Waals surface area contributed by atoms with Gasteiger partial charge >= 0.3 is 0 Å². The first kappa shape index (κ1) is 21.6. The molecule has 1 atom stereocenters. The van der Waals surface area contributed by atoms with E-state index in [1.165, 1.54) is 23.1 Å². The van der Waals surface area contributed by atoms with Crippen LogP contribution < -0.4 is 10.9 Å². The van der Waals surface area contributed by atoms with Crippen LogP contribution in [0.3, 0.4) is 0 Å². The van der Waals surface area contributed by atoms with Crippen LogP contribution in [-0.2, 0) is 11.3 Å². The van der Waals surface area contributed by atoms with Crippen LogP contribution >= 0.6 is 23.1 Å². The summed E-state index contributed by atoms with van der Waals surface area (Å²) in [4.78, 5) is 32.4. The van der Waals surface area contributed by atoms with Crippen LogP contribution in [0.15, 0.2) is 22.6 Å². The minimum Gasteiger partial charge on any atom is -0.337 e. The van der Waals surface area contributed by atoms with E-state index in [-0.39, 0.29) is 11.5 Å². The summed E-state index contributed by atoms with van der Waals surface area (Å²) in [6, 6.07) is 2.32. The SMILES string of the molecule is C=CCn1c(SC(C)C(=O)NC2(C#N)CCCCC2)nc2sc(C)c(C)c2c1=O. The number of amides is 1. The number of carbonyl (C=O) groups excluding carboxylic acids is 1. The third-order valence-electron chi connectivity index (χ3n) is 5.50. The molecule has 0 aromatic carbocycles. The Morgan fingerprint density at radius 1 is 1.45 bits per heavy atom. The number of aryl methyl sites for hydroxylation is 2. The van der Waals surface area contributed by atoms with E-state index in [4.69, 9.17) is 4.98 Å². The van der Waals surface area contributed by atoms with Gasteiger partial charge in [-0.15, -0.1) is 17.9 Å². The molecule has 1 fully saturated rings. The first-order chi connectivity index (χ1) is 13.8. The molecule has 0 aliphatic heterocycles. The van der Waals surface area contributed by atoms with Crippen LogP contribution in [-0.4, -0.2) is 26.2 Å². The number of nitrogens with one attached hydrogen (secondary N) is 1. The lowest BCUT2D eigenvalue weighted by Gasteiger charge is -2.32. The predicted molar refractivity (Wildman–Crippen MR) is 118 cm³/mol. The van der Waals surface area contributed by atoms with Gasteiger partial charge in [0.05, 0.1) is 16.7 Å².